The Labute approximate surface area is 226 Å². The number of hydrogen-bond acceptors (Lipinski definition) is 5. The zero-order valence-corrected chi connectivity index (χ0v) is 24.3. The van der Waals surface area contributed by atoms with Gasteiger partial charge in [-0.1, -0.05) is 50.6 Å². The fourth-order valence-corrected chi connectivity index (χ4v) is 5.36. The highest BCUT2D eigenvalue weighted by atomic mass is 127. The highest BCUT2D eigenvalue weighted by Crippen LogP contribution is 2.37. The SMILES string of the molecule is CC.CC.CC(c1ccc(F)cc1C(F)(F)F)n1nnc2c1CCN(c1cnn(PI)c(=O)c1Cl)C2. The lowest BCUT2D eigenvalue weighted by Gasteiger charge is -2.29. The molecule has 2 unspecified atom stereocenters. The first-order chi connectivity index (χ1) is 17.1. The molecular formula is C22H27ClF4IN6OP. The standard InChI is InChI=1S/C18H15ClF4IN6OP.2C2H6/c1-9(11-3-2-10(20)6-12(11)18(21,22)23)29-14-4-5-28(8-13(14)26-27-29)15-7-25-30(32-24)17(31)16(15)19;2*1-2/h2-3,6-7,9,32H,4-5,8H2,1H3;2*1-2H3. The van der Waals surface area contributed by atoms with Crippen molar-refractivity contribution < 1.29 is 17.6 Å². The van der Waals surface area contributed by atoms with Gasteiger partial charge in [-0.3, -0.25) is 4.79 Å². The van der Waals surface area contributed by atoms with Gasteiger partial charge in [-0.25, -0.2) is 13.5 Å². The Kier molecular flexibility index (Phi) is 11.1. The molecule has 198 valence electrons. The minimum Gasteiger partial charge on any atom is -0.362 e. The molecule has 0 saturated heterocycles. The molecule has 0 N–H and O–H groups in total. The van der Waals surface area contributed by atoms with E-state index in [1.165, 1.54) is 15.3 Å². The fourth-order valence-electron chi connectivity index (χ4n) is 3.72. The second-order valence-electron chi connectivity index (χ2n) is 7.15. The van der Waals surface area contributed by atoms with Crippen molar-refractivity contribution in [1.29, 1.82) is 0 Å². The Bertz CT molecular complexity index is 1240. The van der Waals surface area contributed by atoms with Crippen molar-refractivity contribution in [3.63, 3.8) is 0 Å². The van der Waals surface area contributed by atoms with Crippen LogP contribution >= 0.6 is 40.0 Å². The number of anilines is 1. The summed E-state index contributed by atoms with van der Waals surface area (Å²) in [6.07, 6.45) is -2.66. The quantitative estimate of drug-likeness (QED) is 0.178. The number of hydrogen-bond donors (Lipinski definition) is 0. The number of rotatable bonds is 4. The third-order valence-corrected chi connectivity index (χ3v) is 7.49. The monoisotopic (exact) mass is 660 g/mol. The first kappa shape index (κ1) is 30.4. The maximum atomic E-state index is 13.5. The third kappa shape index (κ3) is 6.36. The van der Waals surface area contributed by atoms with E-state index in [0.29, 0.717) is 36.1 Å². The average Bonchev–Trinajstić information content (AvgIpc) is 3.30. The van der Waals surface area contributed by atoms with Crippen molar-refractivity contribution >= 4 is 45.7 Å². The Morgan fingerprint density at radius 1 is 1.19 bits per heavy atom. The summed E-state index contributed by atoms with van der Waals surface area (Å²) in [6, 6.07) is 1.80. The molecule has 0 aliphatic carbocycles. The lowest BCUT2D eigenvalue weighted by Crippen LogP contribution is -2.33. The van der Waals surface area contributed by atoms with Crippen molar-refractivity contribution in [2.24, 2.45) is 0 Å². The van der Waals surface area contributed by atoms with Crippen LogP contribution in [-0.4, -0.2) is 31.1 Å². The van der Waals surface area contributed by atoms with Gasteiger partial charge in [0.05, 0.1) is 42.1 Å². The number of aromatic nitrogens is 5. The Hall–Kier alpha value is -1.79. The zero-order chi connectivity index (χ0) is 27.2. The van der Waals surface area contributed by atoms with Crippen LogP contribution < -0.4 is 10.5 Å². The first-order valence-electron chi connectivity index (χ1n) is 11.3. The van der Waals surface area contributed by atoms with Gasteiger partial charge in [0.25, 0.3) is 5.56 Å². The first-order valence-corrected chi connectivity index (χ1v) is 15.7. The smallest absolute Gasteiger partial charge is 0.362 e. The van der Waals surface area contributed by atoms with Gasteiger partial charge in [-0.15, -0.1) is 5.10 Å². The molecular weight excluding hydrogens is 634 g/mol. The summed E-state index contributed by atoms with van der Waals surface area (Å²) >= 11 is 8.28. The molecule has 4 rings (SSSR count). The minimum atomic E-state index is -4.70. The molecule has 36 heavy (non-hydrogen) atoms. The molecule has 0 saturated carbocycles. The molecule has 1 aromatic carbocycles. The normalized spacial score (nSPS) is 14.0. The zero-order valence-electron chi connectivity index (χ0n) is 20.4. The molecule has 0 spiro atoms. The summed E-state index contributed by atoms with van der Waals surface area (Å²) in [6.45, 7) is 10.3. The van der Waals surface area contributed by atoms with Crippen LogP contribution in [0.15, 0.2) is 29.2 Å². The highest BCUT2D eigenvalue weighted by Gasteiger charge is 2.36. The molecule has 3 aromatic rings. The van der Waals surface area contributed by atoms with Gasteiger partial charge < -0.3 is 4.90 Å². The van der Waals surface area contributed by atoms with Crippen LogP contribution in [-0.2, 0) is 19.1 Å². The molecule has 0 amide bonds. The van der Waals surface area contributed by atoms with Crippen LogP contribution in [0.1, 0.15) is 63.2 Å². The topological polar surface area (TPSA) is 68.8 Å². The van der Waals surface area contributed by atoms with E-state index in [1.807, 2.05) is 54.6 Å². The molecule has 2 aromatic heterocycles. The predicted octanol–water partition coefficient (Wildman–Crippen LogP) is 6.66. The van der Waals surface area contributed by atoms with Gasteiger partial charge >= 0.3 is 6.18 Å². The van der Waals surface area contributed by atoms with Crippen molar-refractivity contribution in [1.82, 2.24) is 24.5 Å². The van der Waals surface area contributed by atoms with E-state index in [4.69, 9.17) is 11.6 Å². The Balaban J connectivity index is 0.00000109. The van der Waals surface area contributed by atoms with E-state index >= 15 is 0 Å². The van der Waals surface area contributed by atoms with Gasteiger partial charge in [-0.05, 0) is 46.7 Å². The molecule has 7 nitrogen and oxygen atoms in total. The van der Waals surface area contributed by atoms with Gasteiger partial charge in [0.15, 0.2) is 0 Å². The van der Waals surface area contributed by atoms with Crippen LogP contribution in [0, 0.1) is 5.82 Å². The molecule has 0 radical (unpaired) electrons. The number of alkyl halides is 3. The Morgan fingerprint density at radius 3 is 2.47 bits per heavy atom. The van der Waals surface area contributed by atoms with E-state index in [0.717, 1.165) is 12.1 Å². The number of halogens is 6. The van der Waals surface area contributed by atoms with Gasteiger partial charge in [0.2, 0.25) is 0 Å². The van der Waals surface area contributed by atoms with E-state index in [-0.39, 0.29) is 23.5 Å². The number of benzene rings is 1. The predicted molar refractivity (Wildman–Crippen MR) is 144 cm³/mol. The maximum absolute atomic E-state index is 13.5. The van der Waals surface area contributed by atoms with E-state index in [1.54, 1.807) is 6.92 Å². The largest absolute Gasteiger partial charge is 0.416 e. The van der Waals surface area contributed by atoms with Crippen LogP contribution in [0.4, 0.5) is 23.2 Å². The van der Waals surface area contributed by atoms with Crippen molar-refractivity contribution in [2.75, 3.05) is 11.4 Å². The van der Waals surface area contributed by atoms with Crippen LogP contribution in [0.3, 0.4) is 0 Å². The molecule has 3 heterocycles. The number of fused-ring (bicyclic) bond motifs is 1. The molecule has 2 atom stereocenters. The van der Waals surface area contributed by atoms with Crippen molar-refractivity contribution in [3.05, 3.63) is 68.1 Å². The second-order valence-corrected chi connectivity index (χ2v) is 9.57. The summed E-state index contributed by atoms with van der Waals surface area (Å²) in [7, 11) is 0. The fraction of sp³-hybridized carbons (Fsp3) is 0.455. The molecule has 14 heteroatoms. The second kappa shape index (κ2) is 13.1. The lowest BCUT2D eigenvalue weighted by molar-refractivity contribution is -0.138. The lowest BCUT2D eigenvalue weighted by atomic mass is 10.00. The third-order valence-electron chi connectivity index (χ3n) is 5.29. The van der Waals surface area contributed by atoms with E-state index in [2.05, 4.69) is 15.4 Å². The van der Waals surface area contributed by atoms with Crippen LogP contribution in [0.25, 0.3) is 0 Å². The molecule has 1 aliphatic heterocycles. The van der Waals surface area contributed by atoms with Gasteiger partial charge in [-0.2, -0.15) is 18.3 Å². The summed E-state index contributed by atoms with van der Waals surface area (Å²) in [5.41, 5.74) is 0.183. The van der Waals surface area contributed by atoms with Crippen LogP contribution in [0.5, 0.6) is 0 Å². The number of nitrogens with zero attached hydrogens (tertiary/aromatic N) is 6. The summed E-state index contributed by atoms with van der Waals surface area (Å²) < 4.78 is 56.6. The van der Waals surface area contributed by atoms with E-state index in [9.17, 15) is 22.4 Å². The summed E-state index contributed by atoms with van der Waals surface area (Å²) in [4.78, 5) is 14.1. The van der Waals surface area contributed by atoms with Crippen LogP contribution in [0.2, 0.25) is 5.02 Å². The van der Waals surface area contributed by atoms with E-state index < -0.39 is 29.2 Å². The molecule has 0 fully saturated rings. The van der Waals surface area contributed by atoms with Gasteiger partial charge in [0.1, 0.15) is 16.5 Å². The molecule has 0 bridgehead atoms. The minimum absolute atomic E-state index is 0.0505. The highest BCUT2D eigenvalue weighted by molar-refractivity contribution is 14.2. The van der Waals surface area contributed by atoms with Crippen molar-refractivity contribution in [2.45, 2.75) is 59.8 Å². The Morgan fingerprint density at radius 2 is 1.86 bits per heavy atom. The summed E-state index contributed by atoms with van der Waals surface area (Å²) in [5.74, 6) is -0.958. The average molecular weight is 661 g/mol. The maximum Gasteiger partial charge on any atom is 0.416 e. The van der Waals surface area contributed by atoms with Crippen molar-refractivity contribution in [3.8, 4) is 0 Å². The van der Waals surface area contributed by atoms with Gasteiger partial charge in [0, 0.05) is 13.0 Å². The molecule has 1 aliphatic rings. The summed E-state index contributed by atoms with van der Waals surface area (Å²) in [5, 5.41) is 12.4.